The molecule has 0 spiro atoms. The lowest BCUT2D eigenvalue weighted by atomic mass is 10.1. The number of fused-ring (bicyclic) bond motifs is 1. The van der Waals surface area contributed by atoms with Gasteiger partial charge in [-0.15, -0.1) is 0 Å². The van der Waals surface area contributed by atoms with Gasteiger partial charge in [0.05, 0.1) is 23.4 Å². The molecule has 0 radical (unpaired) electrons. The minimum Gasteiger partial charge on any atom is -0.486 e. The Kier molecular flexibility index (Phi) is 5.33. The third kappa shape index (κ3) is 4.49. The van der Waals surface area contributed by atoms with Crippen LogP contribution >= 0.6 is 0 Å². The summed E-state index contributed by atoms with van der Waals surface area (Å²) in [6.45, 7) is 1.25. The summed E-state index contributed by atoms with van der Waals surface area (Å²) in [5.41, 5.74) is 1.85. The summed E-state index contributed by atoms with van der Waals surface area (Å²) in [4.78, 5) is 33.1. The zero-order chi connectivity index (χ0) is 20.1. The number of aromatic nitrogens is 2. The Morgan fingerprint density at radius 2 is 1.72 bits per heavy atom. The topological polar surface area (TPSA) is 102 Å². The van der Waals surface area contributed by atoms with E-state index in [1.165, 1.54) is 18.5 Å². The third-order valence-electron chi connectivity index (χ3n) is 4.22. The molecule has 4 rings (SSSR count). The van der Waals surface area contributed by atoms with E-state index in [2.05, 4.69) is 20.6 Å². The number of carbonyl (C=O) groups excluding carboxylic acids is 2. The Morgan fingerprint density at radius 3 is 2.52 bits per heavy atom. The fourth-order valence-electron chi connectivity index (χ4n) is 2.79. The highest BCUT2D eigenvalue weighted by atomic mass is 16.6. The van der Waals surface area contributed by atoms with Crippen molar-refractivity contribution in [3.8, 4) is 11.5 Å². The van der Waals surface area contributed by atoms with Crippen molar-refractivity contribution in [3.63, 3.8) is 0 Å². The highest BCUT2D eigenvalue weighted by Gasteiger charge is 2.15. The number of rotatable bonds is 5. The number of carbonyl (C=O) groups is 2. The summed E-state index contributed by atoms with van der Waals surface area (Å²) < 4.78 is 11.0. The van der Waals surface area contributed by atoms with Gasteiger partial charge in [0.1, 0.15) is 13.2 Å². The molecule has 8 heteroatoms. The predicted molar refractivity (Wildman–Crippen MR) is 105 cm³/mol. The normalized spacial score (nSPS) is 12.1. The summed E-state index contributed by atoms with van der Waals surface area (Å²) >= 11 is 0. The largest absolute Gasteiger partial charge is 0.486 e. The van der Waals surface area contributed by atoms with E-state index >= 15 is 0 Å². The molecule has 2 aromatic heterocycles. The van der Waals surface area contributed by atoms with Gasteiger partial charge in [0.25, 0.3) is 11.8 Å². The molecule has 3 heterocycles. The number of amides is 2. The summed E-state index contributed by atoms with van der Waals surface area (Å²) in [5, 5.41) is 5.54. The van der Waals surface area contributed by atoms with Gasteiger partial charge in [-0.05, 0) is 30.3 Å². The number of pyridine rings is 2. The van der Waals surface area contributed by atoms with Crippen LogP contribution in [-0.2, 0) is 6.54 Å². The van der Waals surface area contributed by atoms with Gasteiger partial charge in [-0.2, -0.15) is 0 Å². The Morgan fingerprint density at radius 1 is 0.931 bits per heavy atom. The second kappa shape index (κ2) is 8.39. The van der Waals surface area contributed by atoms with Gasteiger partial charge in [-0.25, -0.2) is 0 Å². The molecule has 2 N–H and O–H groups in total. The molecular formula is C21H18N4O4. The molecule has 1 aromatic carbocycles. The maximum absolute atomic E-state index is 12.6. The Labute approximate surface area is 166 Å². The van der Waals surface area contributed by atoms with E-state index in [0.717, 1.165) is 5.69 Å². The molecule has 1 aliphatic heterocycles. The monoisotopic (exact) mass is 390 g/mol. The van der Waals surface area contributed by atoms with Crippen LogP contribution in [-0.4, -0.2) is 35.0 Å². The molecule has 8 nitrogen and oxygen atoms in total. The fraction of sp³-hybridized carbons (Fsp3) is 0.143. The summed E-state index contributed by atoms with van der Waals surface area (Å²) in [5.74, 6) is 0.503. The van der Waals surface area contributed by atoms with E-state index in [0.29, 0.717) is 30.4 Å². The van der Waals surface area contributed by atoms with Crippen molar-refractivity contribution >= 4 is 17.5 Å². The zero-order valence-electron chi connectivity index (χ0n) is 15.4. The number of anilines is 1. The Bertz CT molecular complexity index is 1040. The molecule has 0 fully saturated rings. The fourth-order valence-corrected chi connectivity index (χ4v) is 2.79. The average molecular weight is 390 g/mol. The molecule has 2 amide bonds. The minimum atomic E-state index is -0.381. The van der Waals surface area contributed by atoms with Crippen molar-refractivity contribution in [1.29, 1.82) is 0 Å². The summed E-state index contributed by atoms with van der Waals surface area (Å²) in [7, 11) is 0. The van der Waals surface area contributed by atoms with Crippen molar-refractivity contribution in [3.05, 3.63) is 77.9 Å². The second-order valence-corrected chi connectivity index (χ2v) is 6.28. The Balaban J connectivity index is 1.42. The van der Waals surface area contributed by atoms with Crippen molar-refractivity contribution in [1.82, 2.24) is 15.3 Å². The molecule has 0 atom stereocenters. The number of nitrogens with zero attached hydrogens (tertiary/aromatic N) is 2. The number of nitrogens with one attached hydrogen (secondary N) is 2. The first-order chi connectivity index (χ1) is 14.2. The van der Waals surface area contributed by atoms with Gasteiger partial charge >= 0.3 is 0 Å². The molecule has 3 aromatic rings. The highest BCUT2D eigenvalue weighted by molar-refractivity contribution is 6.06. The van der Waals surface area contributed by atoms with Gasteiger partial charge in [-0.3, -0.25) is 19.6 Å². The molecule has 29 heavy (non-hydrogen) atoms. The Hall–Kier alpha value is -3.94. The van der Waals surface area contributed by atoms with Crippen LogP contribution in [0.5, 0.6) is 11.5 Å². The van der Waals surface area contributed by atoms with E-state index in [-0.39, 0.29) is 29.5 Å². The standard InChI is InChI=1S/C21H18N4O4/c26-20(24-13-17-3-1-2-6-23-17)14-9-15(12-22-11-14)21(27)25-16-4-5-18-19(10-16)29-8-7-28-18/h1-6,9-12H,7-8,13H2,(H,24,26)(H,25,27). The van der Waals surface area contributed by atoms with Crippen LogP contribution < -0.4 is 20.1 Å². The van der Waals surface area contributed by atoms with Crippen molar-refractivity contribution in [2.24, 2.45) is 0 Å². The van der Waals surface area contributed by atoms with Gasteiger partial charge in [-0.1, -0.05) is 6.07 Å². The molecular weight excluding hydrogens is 372 g/mol. The lowest BCUT2D eigenvalue weighted by Gasteiger charge is -2.19. The zero-order valence-corrected chi connectivity index (χ0v) is 15.4. The number of hydrogen-bond donors (Lipinski definition) is 2. The molecule has 0 aliphatic carbocycles. The number of hydrogen-bond acceptors (Lipinski definition) is 6. The van der Waals surface area contributed by atoms with Gasteiger partial charge in [0.2, 0.25) is 0 Å². The van der Waals surface area contributed by atoms with Crippen LogP contribution in [0.2, 0.25) is 0 Å². The first-order valence-corrected chi connectivity index (χ1v) is 9.03. The first kappa shape index (κ1) is 18.4. The van der Waals surface area contributed by atoms with Crippen LogP contribution in [0.25, 0.3) is 0 Å². The average Bonchev–Trinajstić information content (AvgIpc) is 2.78. The van der Waals surface area contributed by atoms with Crippen LogP contribution in [0, 0.1) is 0 Å². The van der Waals surface area contributed by atoms with E-state index in [1.807, 2.05) is 12.1 Å². The van der Waals surface area contributed by atoms with Gasteiger partial charge in [0, 0.05) is 30.3 Å². The predicted octanol–water partition coefficient (Wildman–Crippen LogP) is 2.43. The third-order valence-corrected chi connectivity index (χ3v) is 4.22. The summed E-state index contributed by atoms with van der Waals surface area (Å²) in [6.07, 6.45) is 4.48. The molecule has 0 unspecified atom stereocenters. The van der Waals surface area contributed by atoms with E-state index in [4.69, 9.17) is 9.47 Å². The molecule has 146 valence electrons. The quantitative estimate of drug-likeness (QED) is 0.694. The lowest BCUT2D eigenvalue weighted by Crippen LogP contribution is -2.24. The van der Waals surface area contributed by atoms with Crippen molar-refractivity contribution in [2.45, 2.75) is 6.54 Å². The van der Waals surface area contributed by atoms with Crippen LogP contribution in [0.15, 0.2) is 61.1 Å². The number of benzene rings is 1. The highest BCUT2D eigenvalue weighted by Crippen LogP contribution is 2.32. The van der Waals surface area contributed by atoms with Crippen LogP contribution in [0.3, 0.4) is 0 Å². The number of ether oxygens (including phenoxy) is 2. The SMILES string of the molecule is O=C(NCc1ccccn1)c1cncc(C(=O)Nc2ccc3c(c2)OCCO3)c1. The van der Waals surface area contributed by atoms with Crippen LogP contribution in [0.1, 0.15) is 26.4 Å². The molecule has 0 saturated carbocycles. The molecule has 0 saturated heterocycles. The summed E-state index contributed by atoms with van der Waals surface area (Å²) in [6, 6.07) is 12.1. The first-order valence-electron chi connectivity index (χ1n) is 9.03. The molecule has 1 aliphatic rings. The van der Waals surface area contributed by atoms with E-state index in [1.54, 1.807) is 30.5 Å². The van der Waals surface area contributed by atoms with E-state index in [9.17, 15) is 9.59 Å². The minimum absolute atomic E-state index is 0.269. The van der Waals surface area contributed by atoms with Crippen molar-refractivity contribution < 1.29 is 19.1 Å². The second-order valence-electron chi connectivity index (χ2n) is 6.28. The van der Waals surface area contributed by atoms with Crippen molar-refractivity contribution in [2.75, 3.05) is 18.5 Å². The maximum Gasteiger partial charge on any atom is 0.257 e. The van der Waals surface area contributed by atoms with Crippen LogP contribution in [0.4, 0.5) is 5.69 Å². The maximum atomic E-state index is 12.6. The van der Waals surface area contributed by atoms with E-state index < -0.39 is 0 Å². The molecule has 0 bridgehead atoms. The smallest absolute Gasteiger partial charge is 0.257 e. The van der Waals surface area contributed by atoms with Gasteiger partial charge < -0.3 is 20.1 Å². The lowest BCUT2D eigenvalue weighted by molar-refractivity contribution is 0.0950. The van der Waals surface area contributed by atoms with Gasteiger partial charge in [0.15, 0.2) is 11.5 Å².